The lowest BCUT2D eigenvalue weighted by atomic mass is 10.2. The van der Waals surface area contributed by atoms with Crippen molar-refractivity contribution in [3.05, 3.63) is 0 Å². The van der Waals surface area contributed by atoms with Crippen LogP contribution in [-0.4, -0.2) is 49.4 Å². The van der Waals surface area contributed by atoms with Gasteiger partial charge < -0.3 is 9.80 Å². The number of nitrogens with zero attached hydrogens (tertiary/aromatic N) is 2. The molecule has 0 atom stereocenters. The van der Waals surface area contributed by atoms with Crippen molar-refractivity contribution >= 4 is 6.41 Å². The van der Waals surface area contributed by atoms with Crippen molar-refractivity contribution in [2.75, 3.05) is 27.2 Å². The van der Waals surface area contributed by atoms with Gasteiger partial charge in [0.1, 0.15) is 0 Å². The van der Waals surface area contributed by atoms with Gasteiger partial charge in [0.25, 0.3) is 0 Å². The van der Waals surface area contributed by atoms with E-state index >= 15 is 0 Å². The van der Waals surface area contributed by atoms with E-state index in [0.29, 0.717) is 6.04 Å². The number of amides is 1. The SMILES string of the molecule is CN(C)CCN(C=O)C1CCCC1. The molecule has 0 saturated heterocycles. The molecular formula is C10H20N2O. The molecule has 0 aromatic heterocycles. The van der Waals surface area contributed by atoms with E-state index in [4.69, 9.17) is 0 Å². The standard InChI is InChI=1S/C10H20N2O/c1-11(2)7-8-12(9-13)10-5-3-4-6-10/h9-10H,3-8H2,1-2H3. The van der Waals surface area contributed by atoms with Crippen LogP contribution < -0.4 is 0 Å². The average Bonchev–Trinajstić information content (AvgIpc) is 2.58. The van der Waals surface area contributed by atoms with Crippen molar-refractivity contribution in [3.8, 4) is 0 Å². The molecule has 3 nitrogen and oxygen atoms in total. The Kier molecular flexibility index (Phi) is 4.22. The first-order chi connectivity index (χ1) is 6.24. The van der Waals surface area contributed by atoms with Crippen LogP contribution in [0.1, 0.15) is 25.7 Å². The van der Waals surface area contributed by atoms with Gasteiger partial charge in [0, 0.05) is 19.1 Å². The summed E-state index contributed by atoms with van der Waals surface area (Å²) in [5, 5.41) is 0. The van der Waals surface area contributed by atoms with E-state index in [1.807, 2.05) is 19.0 Å². The van der Waals surface area contributed by atoms with Gasteiger partial charge in [-0.25, -0.2) is 0 Å². The first kappa shape index (κ1) is 10.5. The molecule has 0 aromatic carbocycles. The average molecular weight is 184 g/mol. The van der Waals surface area contributed by atoms with Gasteiger partial charge in [0.2, 0.25) is 6.41 Å². The minimum atomic E-state index is 0.525. The summed E-state index contributed by atoms with van der Waals surface area (Å²) in [6.07, 6.45) is 5.99. The Morgan fingerprint density at radius 2 is 1.85 bits per heavy atom. The van der Waals surface area contributed by atoms with E-state index in [1.165, 1.54) is 25.7 Å². The van der Waals surface area contributed by atoms with Gasteiger partial charge in [-0.15, -0.1) is 0 Å². The minimum Gasteiger partial charge on any atom is -0.341 e. The number of rotatable bonds is 5. The van der Waals surface area contributed by atoms with Crippen LogP contribution in [-0.2, 0) is 4.79 Å². The van der Waals surface area contributed by atoms with Crippen LogP contribution >= 0.6 is 0 Å². The van der Waals surface area contributed by atoms with E-state index in [-0.39, 0.29) is 0 Å². The Balaban J connectivity index is 2.28. The molecule has 0 N–H and O–H groups in total. The van der Waals surface area contributed by atoms with Crippen LogP contribution in [0.5, 0.6) is 0 Å². The lowest BCUT2D eigenvalue weighted by Gasteiger charge is -2.25. The van der Waals surface area contributed by atoms with Crippen LogP contribution in [0, 0.1) is 0 Å². The fourth-order valence-corrected chi connectivity index (χ4v) is 1.87. The molecular weight excluding hydrogens is 164 g/mol. The fourth-order valence-electron chi connectivity index (χ4n) is 1.87. The predicted molar refractivity (Wildman–Crippen MR) is 53.6 cm³/mol. The number of hydrogen-bond donors (Lipinski definition) is 0. The monoisotopic (exact) mass is 184 g/mol. The number of carbonyl (C=O) groups excluding carboxylic acids is 1. The number of likely N-dealkylation sites (N-methyl/N-ethyl adjacent to an activating group) is 1. The Hall–Kier alpha value is -0.570. The smallest absolute Gasteiger partial charge is 0.209 e. The molecule has 13 heavy (non-hydrogen) atoms. The Morgan fingerprint density at radius 1 is 1.23 bits per heavy atom. The molecule has 1 saturated carbocycles. The third kappa shape index (κ3) is 3.35. The molecule has 1 fully saturated rings. The quantitative estimate of drug-likeness (QED) is 0.594. The van der Waals surface area contributed by atoms with Crippen molar-refractivity contribution in [1.29, 1.82) is 0 Å². The molecule has 0 heterocycles. The Bertz CT molecular complexity index is 153. The van der Waals surface area contributed by atoms with E-state index in [9.17, 15) is 4.79 Å². The molecule has 0 unspecified atom stereocenters. The molecule has 0 aliphatic heterocycles. The maximum Gasteiger partial charge on any atom is 0.209 e. The van der Waals surface area contributed by atoms with E-state index < -0.39 is 0 Å². The van der Waals surface area contributed by atoms with Gasteiger partial charge in [-0.05, 0) is 26.9 Å². The van der Waals surface area contributed by atoms with Crippen molar-refractivity contribution in [2.45, 2.75) is 31.7 Å². The molecule has 1 amide bonds. The summed E-state index contributed by atoms with van der Waals surface area (Å²) in [5.74, 6) is 0. The van der Waals surface area contributed by atoms with Crippen LogP contribution in [0.4, 0.5) is 0 Å². The van der Waals surface area contributed by atoms with Gasteiger partial charge >= 0.3 is 0 Å². The summed E-state index contributed by atoms with van der Waals surface area (Å²) in [7, 11) is 4.08. The van der Waals surface area contributed by atoms with Gasteiger partial charge in [-0.3, -0.25) is 4.79 Å². The third-order valence-corrected chi connectivity index (χ3v) is 2.73. The molecule has 1 rings (SSSR count). The minimum absolute atomic E-state index is 0.525. The van der Waals surface area contributed by atoms with Crippen LogP contribution in [0.2, 0.25) is 0 Å². The van der Waals surface area contributed by atoms with E-state index in [1.54, 1.807) is 0 Å². The molecule has 0 bridgehead atoms. The van der Waals surface area contributed by atoms with Crippen LogP contribution in [0.3, 0.4) is 0 Å². The molecule has 76 valence electrons. The topological polar surface area (TPSA) is 23.6 Å². The first-order valence-corrected chi connectivity index (χ1v) is 5.10. The Labute approximate surface area is 80.7 Å². The van der Waals surface area contributed by atoms with Crippen molar-refractivity contribution in [3.63, 3.8) is 0 Å². The zero-order valence-corrected chi connectivity index (χ0v) is 8.70. The lowest BCUT2D eigenvalue weighted by Crippen LogP contribution is -2.37. The molecule has 1 aliphatic rings. The van der Waals surface area contributed by atoms with Crippen LogP contribution in [0.25, 0.3) is 0 Å². The summed E-state index contributed by atoms with van der Waals surface area (Å²) in [6, 6.07) is 0.525. The third-order valence-electron chi connectivity index (χ3n) is 2.73. The maximum atomic E-state index is 10.8. The summed E-state index contributed by atoms with van der Waals surface area (Å²) in [5.41, 5.74) is 0. The van der Waals surface area contributed by atoms with Gasteiger partial charge in [-0.2, -0.15) is 0 Å². The van der Waals surface area contributed by atoms with E-state index in [0.717, 1.165) is 19.5 Å². The summed E-state index contributed by atoms with van der Waals surface area (Å²) < 4.78 is 0. The zero-order valence-electron chi connectivity index (χ0n) is 8.70. The highest BCUT2D eigenvalue weighted by Gasteiger charge is 2.20. The van der Waals surface area contributed by atoms with Crippen molar-refractivity contribution in [2.24, 2.45) is 0 Å². The van der Waals surface area contributed by atoms with Crippen LogP contribution in [0.15, 0.2) is 0 Å². The van der Waals surface area contributed by atoms with Gasteiger partial charge in [-0.1, -0.05) is 12.8 Å². The summed E-state index contributed by atoms with van der Waals surface area (Å²) in [4.78, 5) is 14.9. The summed E-state index contributed by atoms with van der Waals surface area (Å²) in [6.45, 7) is 1.84. The van der Waals surface area contributed by atoms with Crippen molar-refractivity contribution < 1.29 is 4.79 Å². The van der Waals surface area contributed by atoms with Gasteiger partial charge in [0.05, 0.1) is 0 Å². The molecule has 0 aromatic rings. The van der Waals surface area contributed by atoms with Crippen molar-refractivity contribution in [1.82, 2.24) is 9.80 Å². The normalized spacial score (nSPS) is 18.1. The number of hydrogen-bond acceptors (Lipinski definition) is 2. The first-order valence-electron chi connectivity index (χ1n) is 5.10. The highest BCUT2D eigenvalue weighted by molar-refractivity contribution is 5.47. The second-order valence-electron chi connectivity index (χ2n) is 4.08. The maximum absolute atomic E-state index is 10.8. The Morgan fingerprint density at radius 3 is 2.31 bits per heavy atom. The van der Waals surface area contributed by atoms with E-state index in [2.05, 4.69) is 4.90 Å². The highest BCUT2D eigenvalue weighted by atomic mass is 16.1. The second kappa shape index (κ2) is 5.22. The zero-order chi connectivity index (χ0) is 9.68. The fraction of sp³-hybridized carbons (Fsp3) is 0.900. The summed E-state index contributed by atoms with van der Waals surface area (Å²) >= 11 is 0. The molecule has 0 spiro atoms. The highest BCUT2D eigenvalue weighted by Crippen LogP contribution is 2.22. The van der Waals surface area contributed by atoms with Gasteiger partial charge in [0.15, 0.2) is 0 Å². The molecule has 0 radical (unpaired) electrons. The molecule has 1 aliphatic carbocycles. The second-order valence-corrected chi connectivity index (χ2v) is 4.08. The molecule has 3 heteroatoms. The predicted octanol–water partition coefficient (Wildman–Crippen LogP) is 0.949. The largest absolute Gasteiger partial charge is 0.341 e. The number of carbonyl (C=O) groups is 1. The lowest BCUT2D eigenvalue weighted by molar-refractivity contribution is -0.120.